The lowest BCUT2D eigenvalue weighted by atomic mass is 9.81. The van der Waals surface area contributed by atoms with E-state index < -0.39 is 5.67 Å². The van der Waals surface area contributed by atoms with Crippen molar-refractivity contribution in [3.63, 3.8) is 0 Å². The van der Waals surface area contributed by atoms with Gasteiger partial charge in [-0.2, -0.15) is 0 Å². The van der Waals surface area contributed by atoms with Crippen LogP contribution in [0.5, 0.6) is 0 Å². The summed E-state index contributed by atoms with van der Waals surface area (Å²) in [6, 6.07) is 8.35. The second-order valence-electron chi connectivity index (χ2n) is 5.16. The molecule has 1 saturated carbocycles. The Morgan fingerprint density at radius 3 is 2.24 bits per heavy atom. The molecule has 1 atom stereocenters. The molecule has 0 saturated heterocycles. The predicted molar refractivity (Wildman–Crippen MR) is 69.8 cm³/mol. The van der Waals surface area contributed by atoms with Gasteiger partial charge in [-0.25, -0.2) is 4.39 Å². The number of rotatable bonds is 3. The minimum atomic E-state index is -1.07. The Hall–Kier alpha value is -0.890. The van der Waals surface area contributed by atoms with Crippen molar-refractivity contribution in [2.75, 3.05) is 7.05 Å². The number of benzene rings is 1. The van der Waals surface area contributed by atoms with Crippen LogP contribution in [0.3, 0.4) is 0 Å². The van der Waals surface area contributed by atoms with Gasteiger partial charge in [0.15, 0.2) is 0 Å². The molecule has 1 aromatic carbocycles. The SMILES string of the molecule is CNC(C)c1ccc(C2(F)CCCCC2)cc1. The average Bonchev–Trinajstić information content (AvgIpc) is 2.39. The zero-order chi connectivity index (χ0) is 12.3. The molecule has 0 amide bonds. The van der Waals surface area contributed by atoms with Crippen LogP contribution in [0.2, 0.25) is 0 Å². The molecule has 0 aromatic heterocycles. The highest BCUT2D eigenvalue weighted by atomic mass is 19.1. The Morgan fingerprint density at radius 2 is 1.71 bits per heavy atom. The minimum Gasteiger partial charge on any atom is -0.313 e. The van der Waals surface area contributed by atoms with Crippen molar-refractivity contribution in [3.05, 3.63) is 35.4 Å². The van der Waals surface area contributed by atoms with E-state index in [0.29, 0.717) is 18.9 Å². The molecular formula is C15H22FN. The monoisotopic (exact) mass is 235 g/mol. The van der Waals surface area contributed by atoms with Crippen molar-refractivity contribution in [2.24, 2.45) is 0 Å². The van der Waals surface area contributed by atoms with Crippen molar-refractivity contribution in [1.82, 2.24) is 5.32 Å². The molecule has 2 rings (SSSR count). The molecule has 0 heterocycles. The number of hydrogen-bond acceptors (Lipinski definition) is 1. The van der Waals surface area contributed by atoms with Gasteiger partial charge in [0, 0.05) is 6.04 Å². The number of nitrogens with one attached hydrogen (secondary N) is 1. The number of halogens is 1. The summed E-state index contributed by atoms with van der Waals surface area (Å²) in [4.78, 5) is 0. The van der Waals surface area contributed by atoms with Gasteiger partial charge in [-0.05, 0) is 50.8 Å². The van der Waals surface area contributed by atoms with E-state index in [2.05, 4.69) is 12.2 Å². The van der Waals surface area contributed by atoms with Gasteiger partial charge in [-0.15, -0.1) is 0 Å². The quantitative estimate of drug-likeness (QED) is 0.832. The Morgan fingerprint density at radius 1 is 1.12 bits per heavy atom. The van der Waals surface area contributed by atoms with Crippen LogP contribution >= 0.6 is 0 Å². The second-order valence-corrected chi connectivity index (χ2v) is 5.16. The largest absolute Gasteiger partial charge is 0.313 e. The van der Waals surface area contributed by atoms with Crippen molar-refractivity contribution in [1.29, 1.82) is 0 Å². The highest BCUT2D eigenvalue weighted by Gasteiger charge is 2.33. The molecular weight excluding hydrogens is 213 g/mol. The lowest BCUT2D eigenvalue weighted by Crippen LogP contribution is -2.23. The zero-order valence-corrected chi connectivity index (χ0v) is 10.8. The Kier molecular flexibility index (Phi) is 3.82. The molecule has 1 unspecified atom stereocenters. The first-order valence-electron chi connectivity index (χ1n) is 6.62. The van der Waals surface area contributed by atoms with Crippen LogP contribution in [0.4, 0.5) is 4.39 Å². The summed E-state index contributed by atoms with van der Waals surface area (Å²) in [5, 5.41) is 3.20. The molecule has 1 fully saturated rings. The van der Waals surface area contributed by atoms with E-state index in [-0.39, 0.29) is 0 Å². The fourth-order valence-corrected chi connectivity index (χ4v) is 2.64. The maximum atomic E-state index is 14.7. The van der Waals surface area contributed by atoms with Crippen LogP contribution in [0.1, 0.15) is 56.2 Å². The van der Waals surface area contributed by atoms with Gasteiger partial charge in [0.1, 0.15) is 5.67 Å². The molecule has 1 aromatic rings. The van der Waals surface area contributed by atoms with E-state index in [4.69, 9.17) is 0 Å². The number of alkyl halides is 1. The molecule has 2 heteroatoms. The van der Waals surface area contributed by atoms with Gasteiger partial charge in [0.2, 0.25) is 0 Å². The van der Waals surface area contributed by atoms with Crippen molar-refractivity contribution < 1.29 is 4.39 Å². The van der Waals surface area contributed by atoms with Gasteiger partial charge in [-0.3, -0.25) is 0 Å². The smallest absolute Gasteiger partial charge is 0.136 e. The van der Waals surface area contributed by atoms with E-state index in [1.807, 2.05) is 31.3 Å². The summed E-state index contributed by atoms with van der Waals surface area (Å²) in [5.41, 5.74) is 1.01. The van der Waals surface area contributed by atoms with Gasteiger partial charge >= 0.3 is 0 Å². The van der Waals surface area contributed by atoms with E-state index in [1.54, 1.807) is 0 Å². The lowest BCUT2D eigenvalue weighted by molar-refractivity contribution is 0.106. The molecule has 0 radical (unpaired) electrons. The third-order valence-corrected chi connectivity index (χ3v) is 4.01. The topological polar surface area (TPSA) is 12.0 Å². The molecule has 1 N–H and O–H groups in total. The first-order valence-corrected chi connectivity index (χ1v) is 6.62. The predicted octanol–water partition coefficient (Wildman–Crippen LogP) is 4.10. The fourth-order valence-electron chi connectivity index (χ4n) is 2.64. The molecule has 0 bridgehead atoms. The second kappa shape index (κ2) is 5.18. The molecule has 94 valence electrons. The standard InChI is InChI=1S/C15H22FN/c1-12(17-2)13-6-8-14(9-7-13)15(16)10-4-3-5-11-15/h6-9,12,17H,3-5,10-11H2,1-2H3. The van der Waals surface area contributed by atoms with Crippen LogP contribution in [-0.2, 0) is 5.67 Å². The third-order valence-electron chi connectivity index (χ3n) is 4.01. The lowest BCUT2D eigenvalue weighted by Gasteiger charge is -2.30. The van der Waals surface area contributed by atoms with E-state index in [1.165, 1.54) is 12.0 Å². The summed E-state index contributed by atoms with van der Waals surface area (Å²) in [7, 11) is 1.94. The normalized spacial score (nSPS) is 21.1. The Labute approximate surface area is 103 Å². The van der Waals surface area contributed by atoms with Crippen LogP contribution in [0.25, 0.3) is 0 Å². The fraction of sp³-hybridized carbons (Fsp3) is 0.600. The first kappa shape index (κ1) is 12.6. The van der Waals surface area contributed by atoms with Crippen molar-refractivity contribution in [3.8, 4) is 0 Å². The maximum Gasteiger partial charge on any atom is 0.136 e. The molecule has 1 aliphatic carbocycles. The molecule has 17 heavy (non-hydrogen) atoms. The summed E-state index contributed by atoms with van der Waals surface area (Å²) in [6.07, 6.45) is 4.60. The highest BCUT2D eigenvalue weighted by molar-refractivity contribution is 5.29. The molecule has 0 spiro atoms. The Balaban J connectivity index is 2.16. The molecule has 1 nitrogen and oxygen atoms in total. The summed E-state index contributed by atoms with van der Waals surface area (Å²) < 4.78 is 14.7. The summed E-state index contributed by atoms with van der Waals surface area (Å²) in [5.74, 6) is 0. The van der Waals surface area contributed by atoms with Gasteiger partial charge in [0.05, 0.1) is 0 Å². The number of hydrogen-bond donors (Lipinski definition) is 1. The van der Waals surface area contributed by atoms with Crippen LogP contribution < -0.4 is 5.32 Å². The summed E-state index contributed by atoms with van der Waals surface area (Å²) in [6.45, 7) is 2.11. The highest BCUT2D eigenvalue weighted by Crippen LogP contribution is 2.40. The third kappa shape index (κ3) is 2.68. The van der Waals surface area contributed by atoms with Crippen LogP contribution in [-0.4, -0.2) is 7.05 Å². The molecule has 1 aliphatic rings. The average molecular weight is 235 g/mol. The van der Waals surface area contributed by atoms with Gasteiger partial charge in [0.25, 0.3) is 0 Å². The Bertz CT molecular complexity index is 352. The van der Waals surface area contributed by atoms with E-state index in [9.17, 15) is 4.39 Å². The van der Waals surface area contributed by atoms with Crippen molar-refractivity contribution >= 4 is 0 Å². The van der Waals surface area contributed by atoms with Gasteiger partial charge < -0.3 is 5.32 Å². The minimum absolute atomic E-state index is 0.325. The van der Waals surface area contributed by atoms with Crippen molar-refractivity contribution in [2.45, 2.75) is 50.7 Å². The van der Waals surface area contributed by atoms with Crippen LogP contribution in [0.15, 0.2) is 24.3 Å². The first-order chi connectivity index (χ1) is 8.15. The molecule has 0 aliphatic heterocycles. The van der Waals surface area contributed by atoms with Gasteiger partial charge in [-0.1, -0.05) is 30.7 Å². The van der Waals surface area contributed by atoms with E-state index >= 15 is 0 Å². The van der Waals surface area contributed by atoms with Crippen LogP contribution in [0, 0.1) is 0 Å². The zero-order valence-electron chi connectivity index (χ0n) is 10.8. The van der Waals surface area contributed by atoms with E-state index in [0.717, 1.165) is 18.4 Å². The summed E-state index contributed by atoms with van der Waals surface area (Å²) >= 11 is 0. The maximum absolute atomic E-state index is 14.7.